The number of aryl methyl sites for hydroxylation is 1. The van der Waals surface area contributed by atoms with Crippen molar-refractivity contribution in [2.24, 2.45) is 7.05 Å². The molecule has 4 rings (SSSR count). The summed E-state index contributed by atoms with van der Waals surface area (Å²) in [5.74, 6) is 1.69. The van der Waals surface area contributed by atoms with Crippen molar-refractivity contribution in [3.63, 3.8) is 0 Å². The van der Waals surface area contributed by atoms with Crippen molar-refractivity contribution < 1.29 is 14.3 Å². The second-order valence-electron chi connectivity index (χ2n) is 6.32. The number of carbonyl (C=O) groups is 1. The highest BCUT2D eigenvalue weighted by molar-refractivity contribution is 7.38. The molecule has 3 aromatic heterocycles. The molecule has 6 nitrogen and oxygen atoms in total. The summed E-state index contributed by atoms with van der Waals surface area (Å²) in [6, 6.07) is 6.92. The maximum atomic E-state index is 13.2. The summed E-state index contributed by atoms with van der Waals surface area (Å²) in [7, 11) is 5.06. The molecule has 0 spiro atoms. The van der Waals surface area contributed by atoms with Crippen LogP contribution < -0.4 is 14.8 Å². The lowest BCUT2D eigenvalue weighted by atomic mass is 10.0. The average molecular weight is 448 g/mol. The van der Waals surface area contributed by atoms with Crippen LogP contribution in [0.2, 0.25) is 5.02 Å². The Morgan fingerprint density at radius 1 is 1.24 bits per heavy atom. The van der Waals surface area contributed by atoms with Gasteiger partial charge in [0.2, 0.25) is 0 Å². The van der Waals surface area contributed by atoms with Gasteiger partial charge in [-0.3, -0.25) is 4.79 Å². The summed E-state index contributed by atoms with van der Waals surface area (Å²) in [6.45, 7) is 0. The van der Waals surface area contributed by atoms with Crippen LogP contribution in [0.5, 0.6) is 11.5 Å². The number of imidazole rings is 1. The first-order valence-electron chi connectivity index (χ1n) is 8.68. The number of nitrogens with one attached hydrogen (secondary N) is 1. The number of benzene rings is 1. The van der Waals surface area contributed by atoms with Gasteiger partial charge in [0.25, 0.3) is 5.91 Å². The number of halogens is 1. The zero-order valence-corrected chi connectivity index (χ0v) is 18.3. The molecule has 9 heteroatoms. The smallest absolute Gasteiger partial charge is 0.263 e. The number of hydrogen-bond acceptors (Lipinski definition) is 6. The molecular weight excluding hydrogens is 430 g/mol. The summed E-state index contributed by atoms with van der Waals surface area (Å²) < 4.78 is 13.7. The Kier molecular flexibility index (Phi) is 5.49. The molecule has 0 aliphatic carbocycles. The second-order valence-corrected chi connectivity index (χ2v) is 8.89. The van der Waals surface area contributed by atoms with Crippen LogP contribution in [0.3, 0.4) is 0 Å². The van der Waals surface area contributed by atoms with Gasteiger partial charge in [-0.1, -0.05) is 11.6 Å². The molecule has 150 valence electrons. The second kappa shape index (κ2) is 8.06. The van der Waals surface area contributed by atoms with E-state index >= 15 is 0 Å². The van der Waals surface area contributed by atoms with Crippen molar-refractivity contribution >= 4 is 49.6 Å². The van der Waals surface area contributed by atoms with Crippen LogP contribution in [0.25, 0.3) is 9.40 Å². The van der Waals surface area contributed by atoms with Crippen molar-refractivity contribution in [1.82, 2.24) is 14.9 Å². The highest BCUT2D eigenvalue weighted by Gasteiger charge is 2.26. The van der Waals surface area contributed by atoms with Gasteiger partial charge in [0.05, 0.1) is 23.3 Å². The first kappa shape index (κ1) is 19.8. The number of hydrogen-bond donors (Lipinski definition) is 1. The van der Waals surface area contributed by atoms with Crippen LogP contribution in [0.1, 0.15) is 27.1 Å². The number of amides is 1. The van der Waals surface area contributed by atoms with Gasteiger partial charge < -0.3 is 19.4 Å². The van der Waals surface area contributed by atoms with E-state index in [1.54, 1.807) is 37.8 Å². The van der Waals surface area contributed by atoms with Crippen LogP contribution >= 0.6 is 34.3 Å². The summed E-state index contributed by atoms with van der Waals surface area (Å²) in [5.41, 5.74) is 0.790. The molecule has 0 aliphatic rings. The topological polar surface area (TPSA) is 65.4 Å². The minimum atomic E-state index is -0.511. The molecule has 0 bridgehead atoms. The normalized spacial score (nSPS) is 12.1. The van der Waals surface area contributed by atoms with Crippen molar-refractivity contribution in [1.29, 1.82) is 0 Å². The van der Waals surface area contributed by atoms with Gasteiger partial charge in [-0.05, 0) is 29.1 Å². The minimum absolute atomic E-state index is 0.252. The fourth-order valence-electron chi connectivity index (χ4n) is 3.09. The van der Waals surface area contributed by atoms with Crippen molar-refractivity contribution in [3.8, 4) is 11.5 Å². The van der Waals surface area contributed by atoms with Crippen LogP contribution in [0.4, 0.5) is 0 Å². The van der Waals surface area contributed by atoms with Crippen LogP contribution in [0, 0.1) is 0 Å². The zero-order valence-electron chi connectivity index (χ0n) is 15.9. The van der Waals surface area contributed by atoms with E-state index in [-0.39, 0.29) is 5.91 Å². The van der Waals surface area contributed by atoms with E-state index in [9.17, 15) is 4.79 Å². The van der Waals surface area contributed by atoms with E-state index in [2.05, 4.69) is 10.3 Å². The quantitative estimate of drug-likeness (QED) is 0.457. The van der Waals surface area contributed by atoms with Gasteiger partial charge in [-0.2, -0.15) is 0 Å². The third-order valence-electron chi connectivity index (χ3n) is 4.57. The first-order chi connectivity index (χ1) is 14.0. The number of ether oxygens (including phenoxy) is 2. The summed E-state index contributed by atoms with van der Waals surface area (Å²) in [5, 5.41) is 6.43. The largest absolute Gasteiger partial charge is 0.497 e. The average Bonchev–Trinajstić information content (AvgIpc) is 3.43. The SMILES string of the molecule is COc1cc(OC)cc([C@@H](NC(=O)c2sc3sccc3c2Cl)c2nccn2C)c1. The van der Waals surface area contributed by atoms with Gasteiger partial charge in [0.1, 0.15) is 28.2 Å². The third kappa shape index (κ3) is 3.71. The molecule has 0 radical (unpaired) electrons. The lowest BCUT2D eigenvalue weighted by Gasteiger charge is -2.20. The molecule has 1 atom stereocenters. The van der Waals surface area contributed by atoms with Gasteiger partial charge in [0.15, 0.2) is 0 Å². The molecule has 3 heterocycles. The number of rotatable bonds is 6. The van der Waals surface area contributed by atoms with E-state index in [0.717, 1.165) is 15.0 Å². The van der Waals surface area contributed by atoms with E-state index < -0.39 is 6.04 Å². The molecule has 0 aliphatic heterocycles. The molecule has 0 fully saturated rings. The van der Waals surface area contributed by atoms with Gasteiger partial charge in [-0.25, -0.2) is 4.98 Å². The molecular formula is C20H18ClN3O3S2. The van der Waals surface area contributed by atoms with Crippen molar-refractivity contribution in [2.45, 2.75) is 6.04 Å². The fourth-order valence-corrected chi connectivity index (χ4v) is 5.61. The highest BCUT2D eigenvalue weighted by atomic mass is 35.5. The predicted octanol–water partition coefficient (Wildman–Crippen LogP) is 4.89. The Hall–Kier alpha value is -2.55. The molecule has 0 saturated heterocycles. The first-order valence-corrected chi connectivity index (χ1v) is 10.8. The maximum absolute atomic E-state index is 13.2. The molecule has 0 saturated carbocycles. The monoisotopic (exact) mass is 447 g/mol. The summed E-state index contributed by atoms with van der Waals surface area (Å²) in [6.07, 6.45) is 3.53. The number of aromatic nitrogens is 2. The van der Waals surface area contributed by atoms with E-state index in [4.69, 9.17) is 21.1 Å². The standard InChI is InChI=1S/C20H18ClN3O3S2/c1-24-6-5-22-18(24)16(11-8-12(26-2)10-13(9-11)27-3)23-19(25)17-15(21)14-4-7-28-20(14)29-17/h4-10,16H,1-3H3,(H,23,25)/t16-/m1/s1. The van der Waals surface area contributed by atoms with Gasteiger partial charge in [0, 0.05) is 30.9 Å². The number of fused-ring (bicyclic) bond motifs is 1. The van der Waals surface area contributed by atoms with E-state index in [0.29, 0.717) is 27.2 Å². The van der Waals surface area contributed by atoms with Crippen molar-refractivity contribution in [3.05, 3.63) is 63.3 Å². The lowest BCUT2D eigenvalue weighted by Crippen LogP contribution is -2.30. The molecule has 29 heavy (non-hydrogen) atoms. The molecule has 1 amide bonds. The van der Waals surface area contributed by atoms with Gasteiger partial charge >= 0.3 is 0 Å². The number of carbonyl (C=O) groups excluding carboxylic acids is 1. The molecule has 4 aromatic rings. The van der Waals surface area contributed by atoms with Crippen LogP contribution in [-0.2, 0) is 7.05 Å². The Balaban J connectivity index is 1.76. The summed E-state index contributed by atoms with van der Waals surface area (Å²) >= 11 is 9.43. The number of nitrogens with zero attached hydrogens (tertiary/aromatic N) is 2. The number of methoxy groups -OCH3 is 2. The van der Waals surface area contributed by atoms with E-state index in [1.807, 2.05) is 41.4 Å². The third-order valence-corrected chi connectivity index (χ3v) is 7.31. The zero-order chi connectivity index (χ0) is 20.5. The highest BCUT2D eigenvalue weighted by Crippen LogP contribution is 2.39. The summed E-state index contributed by atoms with van der Waals surface area (Å²) in [4.78, 5) is 18.1. The predicted molar refractivity (Wildman–Crippen MR) is 117 cm³/mol. The number of thiophene rings is 2. The Bertz CT molecular complexity index is 1160. The fraction of sp³-hybridized carbons (Fsp3) is 0.200. The molecule has 0 unspecified atom stereocenters. The minimum Gasteiger partial charge on any atom is -0.497 e. The Morgan fingerprint density at radius 3 is 2.55 bits per heavy atom. The van der Waals surface area contributed by atoms with E-state index in [1.165, 1.54) is 11.3 Å². The molecule has 1 N–H and O–H groups in total. The Labute approximate surface area is 180 Å². The van der Waals surface area contributed by atoms with Crippen molar-refractivity contribution in [2.75, 3.05) is 14.2 Å². The maximum Gasteiger partial charge on any atom is 0.263 e. The van der Waals surface area contributed by atoms with Crippen LogP contribution in [0.15, 0.2) is 42.0 Å². The van der Waals surface area contributed by atoms with Gasteiger partial charge in [-0.15, -0.1) is 22.7 Å². The Morgan fingerprint density at radius 2 is 1.97 bits per heavy atom. The van der Waals surface area contributed by atoms with Crippen LogP contribution in [-0.4, -0.2) is 29.7 Å². The lowest BCUT2D eigenvalue weighted by molar-refractivity contribution is 0.0945. The molecule has 1 aromatic carbocycles.